The van der Waals surface area contributed by atoms with Crippen molar-refractivity contribution >= 4 is 10.1 Å². The Balaban J connectivity index is 1.61. The third-order valence-corrected chi connectivity index (χ3v) is 6.59. The van der Waals surface area contributed by atoms with E-state index in [9.17, 15) is 8.42 Å². The fourth-order valence-corrected chi connectivity index (χ4v) is 5.45. The van der Waals surface area contributed by atoms with Crippen molar-refractivity contribution in [2.75, 3.05) is 0 Å². The molecule has 4 nitrogen and oxygen atoms in total. The monoisotopic (exact) mass is 273 g/mol. The lowest BCUT2D eigenvalue weighted by Crippen LogP contribution is -2.45. The van der Waals surface area contributed by atoms with Crippen LogP contribution in [0.1, 0.15) is 44.9 Å². The largest absolute Gasteiger partial charge is 0.313 e. The van der Waals surface area contributed by atoms with Gasteiger partial charge in [-0.2, -0.15) is 8.42 Å². The lowest BCUT2D eigenvalue weighted by molar-refractivity contribution is -0.0403. The molecule has 0 heterocycles. The topological polar surface area (TPSA) is 80.4 Å². The summed E-state index contributed by atoms with van der Waals surface area (Å²) >= 11 is 0. The smallest absolute Gasteiger partial charge is 0.280 e. The average molecular weight is 273 g/mol. The first-order valence-electron chi connectivity index (χ1n) is 7.15. The van der Waals surface area contributed by atoms with Crippen LogP contribution in [-0.4, -0.2) is 18.3 Å². The number of hydrogen-bond acceptors (Lipinski definition) is 3. The number of hydrogen-bond donors (Lipinski definition) is 2. The molecule has 0 aromatic heterocycles. The summed E-state index contributed by atoms with van der Waals surface area (Å²) in [7, 11) is -4.05. The second-order valence-corrected chi connectivity index (χ2v) is 8.36. The van der Waals surface area contributed by atoms with Crippen LogP contribution < -0.4 is 5.73 Å². The van der Waals surface area contributed by atoms with Gasteiger partial charge in [-0.3, -0.25) is 4.55 Å². The van der Waals surface area contributed by atoms with E-state index in [-0.39, 0.29) is 0 Å². The van der Waals surface area contributed by atoms with Crippen LogP contribution in [0.4, 0.5) is 0 Å². The van der Waals surface area contributed by atoms with Crippen molar-refractivity contribution in [2.24, 2.45) is 35.3 Å². The Labute approximate surface area is 109 Å². The fraction of sp³-hybridized carbons (Fsp3) is 1.00. The highest BCUT2D eigenvalue weighted by Gasteiger charge is 2.47. The summed E-state index contributed by atoms with van der Waals surface area (Å²) in [5, 5.41) is -1.09. The molecule has 0 saturated heterocycles. The van der Waals surface area contributed by atoms with Crippen molar-refractivity contribution in [1.29, 1.82) is 0 Å². The van der Waals surface area contributed by atoms with Gasteiger partial charge in [-0.25, -0.2) is 0 Å². The van der Waals surface area contributed by atoms with E-state index in [0.717, 1.165) is 30.1 Å². The molecule has 0 aromatic carbocycles. The number of nitrogens with two attached hydrogens (primary N) is 1. The summed E-state index contributed by atoms with van der Waals surface area (Å²) < 4.78 is 30.8. The molecule has 0 amide bonds. The van der Waals surface area contributed by atoms with Gasteiger partial charge in [0.25, 0.3) is 10.1 Å². The van der Waals surface area contributed by atoms with Crippen molar-refractivity contribution in [2.45, 2.75) is 50.3 Å². The minimum Gasteiger partial charge on any atom is -0.313 e. The second kappa shape index (κ2) is 4.46. The van der Waals surface area contributed by atoms with E-state index in [1.165, 1.54) is 32.1 Å². The summed E-state index contributed by atoms with van der Waals surface area (Å²) in [6.07, 6.45) is 8.10. The predicted molar refractivity (Wildman–Crippen MR) is 69.3 cm³/mol. The maximum Gasteiger partial charge on any atom is 0.280 e. The average Bonchev–Trinajstić information content (AvgIpc) is 2.25. The highest BCUT2D eigenvalue weighted by Crippen LogP contribution is 2.57. The Morgan fingerprint density at radius 1 is 1.06 bits per heavy atom. The molecule has 18 heavy (non-hydrogen) atoms. The van der Waals surface area contributed by atoms with Crippen LogP contribution in [0.15, 0.2) is 0 Å². The Kier molecular flexibility index (Phi) is 3.19. The van der Waals surface area contributed by atoms with Gasteiger partial charge in [-0.1, -0.05) is 0 Å². The standard InChI is InChI=1S/C13H23NO3S/c14-13(18(15,16)17)2-1-12-10-4-8-3-9(6-10)7-11(12)5-8/h8-13H,1-7,14H2,(H,15,16,17). The Bertz CT molecular complexity index is 392. The lowest BCUT2D eigenvalue weighted by Gasteiger charge is -2.54. The van der Waals surface area contributed by atoms with Crippen LogP contribution in [0.5, 0.6) is 0 Å². The molecule has 0 spiro atoms. The van der Waals surface area contributed by atoms with Crippen LogP contribution in [-0.2, 0) is 10.1 Å². The van der Waals surface area contributed by atoms with Crippen molar-refractivity contribution < 1.29 is 13.0 Å². The van der Waals surface area contributed by atoms with Gasteiger partial charge in [0.15, 0.2) is 0 Å². The Hall–Kier alpha value is -0.130. The quantitative estimate of drug-likeness (QED) is 0.768. The zero-order valence-electron chi connectivity index (χ0n) is 10.7. The SMILES string of the molecule is NC(CCC1C2CC3CC(C2)CC1C3)S(=O)(=O)O. The molecule has 4 bridgehead atoms. The maximum absolute atomic E-state index is 10.9. The van der Waals surface area contributed by atoms with E-state index in [1.807, 2.05) is 0 Å². The summed E-state index contributed by atoms with van der Waals surface area (Å²) in [5.41, 5.74) is 5.52. The molecular formula is C13H23NO3S. The van der Waals surface area contributed by atoms with E-state index in [4.69, 9.17) is 10.3 Å². The molecule has 4 fully saturated rings. The minimum atomic E-state index is -4.05. The summed E-state index contributed by atoms with van der Waals surface area (Å²) in [6.45, 7) is 0. The van der Waals surface area contributed by atoms with Gasteiger partial charge in [-0.05, 0) is 74.5 Å². The van der Waals surface area contributed by atoms with Crippen LogP contribution >= 0.6 is 0 Å². The molecule has 1 atom stereocenters. The maximum atomic E-state index is 10.9. The normalized spacial score (nSPS) is 44.2. The highest BCUT2D eigenvalue weighted by molar-refractivity contribution is 7.86. The molecule has 4 saturated carbocycles. The zero-order chi connectivity index (χ0) is 12.9. The van der Waals surface area contributed by atoms with Crippen LogP contribution in [0.25, 0.3) is 0 Å². The molecule has 1 unspecified atom stereocenters. The van der Waals surface area contributed by atoms with E-state index in [0.29, 0.717) is 12.3 Å². The summed E-state index contributed by atoms with van der Waals surface area (Å²) in [5.74, 6) is 4.15. The van der Waals surface area contributed by atoms with E-state index in [2.05, 4.69) is 0 Å². The van der Waals surface area contributed by atoms with Crippen molar-refractivity contribution in [3.8, 4) is 0 Å². The molecule has 4 rings (SSSR count). The lowest BCUT2D eigenvalue weighted by atomic mass is 9.51. The first-order valence-corrected chi connectivity index (χ1v) is 8.65. The van der Waals surface area contributed by atoms with Gasteiger partial charge in [0.05, 0.1) is 0 Å². The summed E-state index contributed by atoms with van der Waals surface area (Å²) in [6, 6.07) is 0. The van der Waals surface area contributed by atoms with Gasteiger partial charge in [-0.15, -0.1) is 0 Å². The minimum absolute atomic E-state index is 0.409. The van der Waals surface area contributed by atoms with Crippen LogP contribution in [0, 0.1) is 29.6 Å². The Morgan fingerprint density at radius 3 is 2.00 bits per heavy atom. The number of rotatable bonds is 4. The molecule has 0 aromatic rings. The Morgan fingerprint density at radius 2 is 1.56 bits per heavy atom. The fourth-order valence-electron chi connectivity index (χ4n) is 5.01. The molecule has 4 aliphatic carbocycles. The van der Waals surface area contributed by atoms with Gasteiger partial charge in [0, 0.05) is 0 Å². The van der Waals surface area contributed by atoms with E-state index >= 15 is 0 Å². The molecule has 0 aliphatic heterocycles. The summed E-state index contributed by atoms with van der Waals surface area (Å²) in [4.78, 5) is 0. The molecule has 3 N–H and O–H groups in total. The van der Waals surface area contributed by atoms with Crippen molar-refractivity contribution in [3.63, 3.8) is 0 Å². The molecular weight excluding hydrogens is 250 g/mol. The molecule has 5 heteroatoms. The first kappa shape index (κ1) is 12.9. The van der Waals surface area contributed by atoms with E-state index < -0.39 is 15.5 Å². The van der Waals surface area contributed by atoms with E-state index in [1.54, 1.807) is 0 Å². The molecule has 0 radical (unpaired) electrons. The molecule has 104 valence electrons. The third kappa shape index (κ3) is 2.32. The molecule has 4 aliphatic rings. The highest BCUT2D eigenvalue weighted by atomic mass is 32.2. The van der Waals surface area contributed by atoms with Gasteiger partial charge < -0.3 is 5.73 Å². The first-order chi connectivity index (χ1) is 8.43. The third-order valence-electron chi connectivity index (χ3n) is 5.59. The zero-order valence-corrected chi connectivity index (χ0v) is 11.5. The van der Waals surface area contributed by atoms with Gasteiger partial charge in [0.2, 0.25) is 0 Å². The van der Waals surface area contributed by atoms with Crippen LogP contribution in [0.2, 0.25) is 0 Å². The van der Waals surface area contributed by atoms with Crippen LogP contribution in [0.3, 0.4) is 0 Å². The van der Waals surface area contributed by atoms with Gasteiger partial charge in [0.1, 0.15) is 5.37 Å². The van der Waals surface area contributed by atoms with Gasteiger partial charge >= 0.3 is 0 Å². The van der Waals surface area contributed by atoms with Crippen molar-refractivity contribution in [3.05, 3.63) is 0 Å². The predicted octanol–water partition coefficient (Wildman–Crippen LogP) is 2.01. The van der Waals surface area contributed by atoms with Crippen molar-refractivity contribution in [1.82, 2.24) is 0 Å². The second-order valence-electron chi connectivity index (χ2n) is 6.73.